The Bertz CT molecular complexity index is 1340. The highest BCUT2D eigenvalue weighted by Gasteiger charge is 2.15. The predicted molar refractivity (Wildman–Crippen MR) is 122 cm³/mol. The Hall–Kier alpha value is -3.85. The molecule has 0 aliphatic carbocycles. The number of hydrogen-bond donors (Lipinski definition) is 2. The van der Waals surface area contributed by atoms with Crippen LogP contribution in [0.15, 0.2) is 97.1 Å². The van der Waals surface area contributed by atoms with Crippen molar-refractivity contribution in [2.24, 2.45) is 0 Å². The lowest BCUT2D eigenvalue weighted by atomic mass is 9.91. The molecule has 3 heteroatoms. The van der Waals surface area contributed by atoms with E-state index in [4.69, 9.17) is 0 Å². The lowest BCUT2D eigenvalue weighted by Crippen LogP contribution is -1.99. The summed E-state index contributed by atoms with van der Waals surface area (Å²) in [5.74, 6) is -0.0783. The molecule has 0 saturated heterocycles. The second-order valence-corrected chi connectivity index (χ2v) is 7.38. The molecule has 0 unspecified atom stereocenters. The van der Waals surface area contributed by atoms with E-state index in [0.29, 0.717) is 0 Å². The van der Waals surface area contributed by atoms with Crippen LogP contribution in [0.2, 0.25) is 0 Å². The molecule has 0 atom stereocenters. The van der Waals surface area contributed by atoms with Crippen LogP contribution < -0.4 is 5.32 Å². The maximum atomic E-state index is 13.5. The first-order chi connectivity index (χ1) is 14.7. The van der Waals surface area contributed by atoms with Gasteiger partial charge in [-0.3, -0.25) is 0 Å². The summed E-state index contributed by atoms with van der Waals surface area (Å²) < 4.78 is 13.5. The maximum Gasteiger partial charge on any atom is 0.131 e. The summed E-state index contributed by atoms with van der Waals surface area (Å²) >= 11 is 0. The number of phenolic OH excluding ortho intramolecular Hbond substituents is 1. The molecule has 0 heterocycles. The summed E-state index contributed by atoms with van der Waals surface area (Å²) in [5, 5.41) is 18.3. The Balaban J connectivity index is 1.68. The third-order valence-corrected chi connectivity index (χ3v) is 5.47. The van der Waals surface area contributed by atoms with Gasteiger partial charge in [0.2, 0.25) is 0 Å². The van der Waals surface area contributed by atoms with E-state index in [1.807, 2.05) is 54.6 Å². The average molecular weight is 393 g/mol. The number of aromatic hydroxyl groups is 1. The van der Waals surface area contributed by atoms with Crippen molar-refractivity contribution < 1.29 is 9.50 Å². The van der Waals surface area contributed by atoms with Crippen molar-refractivity contribution in [3.8, 4) is 16.9 Å². The van der Waals surface area contributed by atoms with E-state index in [1.165, 1.54) is 17.7 Å². The van der Waals surface area contributed by atoms with Crippen LogP contribution in [-0.2, 0) is 6.54 Å². The molecule has 30 heavy (non-hydrogen) atoms. The minimum Gasteiger partial charge on any atom is -0.507 e. The fourth-order valence-electron chi connectivity index (χ4n) is 3.99. The number of benzene rings is 5. The van der Waals surface area contributed by atoms with E-state index in [2.05, 4.69) is 23.5 Å². The third kappa shape index (κ3) is 3.25. The van der Waals surface area contributed by atoms with Gasteiger partial charge >= 0.3 is 0 Å². The van der Waals surface area contributed by atoms with Gasteiger partial charge in [-0.05, 0) is 51.6 Å². The fourth-order valence-corrected chi connectivity index (χ4v) is 3.99. The number of nitrogens with one attached hydrogen (secondary N) is 1. The van der Waals surface area contributed by atoms with Crippen molar-refractivity contribution in [3.63, 3.8) is 0 Å². The zero-order chi connectivity index (χ0) is 20.5. The van der Waals surface area contributed by atoms with Gasteiger partial charge in [0.25, 0.3) is 0 Å². The van der Waals surface area contributed by atoms with Crippen LogP contribution in [0, 0.1) is 5.82 Å². The molecule has 2 N–H and O–H groups in total. The minimum atomic E-state index is -0.296. The zero-order valence-electron chi connectivity index (χ0n) is 16.3. The molecular weight excluding hydrogens is 373 g/mol. The molecule has 146 valence electrons. The largest absolute Gasteiger partial charge is 0.507 e. The molecular formula is C27H20FNO. The first-order valence-electron chi connectivity index (χ1n) is 9.92. The Kier molecular flexibility index (Phi) is 4.56. The van der Waals surface area contributed by atoms with Crippen molar-refractivity contribution in [1.29, 1.82) is 0 Å². The molecule has 0 fully saturated rings. The molecule has 0 radical (unpaired) electrons. The van der Waals surface area contributed by atoms with Gasteiger partial charge in [-0.15, -0.1) is 0 Å². The molecule has 0 bridgehead atoms. The summed E-state index contributed by atoms with van der Waals surface area (Å²) in [6.45, 7) is 0.729. The van der Waals surface area contributed by atoms with Crippen LogP contribution in [0.5, 0.6) is 5.75 Å². The summed E-state index contributed by atoms with van der Waals surface area (Å²) in [6.07, 6.45) is 0. The Morgan fingerprint density at radius 1 is 0.667 bits per heavy atom. The van der Waals surface area contributed by atoms with Gasteiger partial charge in [-0.1, -0.05) is 72.8 Å². The number of halogens is 1. The molecule has 5 aromatic carbocycles. The van der Waals surface area contributed by atoms with E-state index >= 15 is 0 Å². The predicted octanol–water partition coefficient (Wildman–Crippen LogP) is 7.12. The van der Waals surface area contributed by atoms with Crippen molar-refractivity contribution in [2.75, 3.05) is 5.32 Å². The molecule has 0 aliphatic heterocycles. The average Bonchev–Trinajstić information content (AvgIpc) is 2.80. The van der Waals surface area contributed by atoms with E-state index in [9.17, 15) is 9.50 Å². The highest BCUT2D eigenvalue weighted by Crippen LogP contribution is 2.43. The van der Waals surface area contributed by atoms with Crippen molar-refractivity contribution in [3.05, 3.63) is 108 Å². The first-order valence-corrected chi connectivity index (χ1v) is 9.92. The van der Waals surface area contributed by atoms with Gasteiger partial charge < -0.3 is 10.4 Å². The number of anilines is 1. The van der Waals surface area contributed by atoms with Crippen molar-refractivity contribution >= 4 is 27.2 Å². The van der Waals surface area contributed by atoms with Crippen molar-refractivity contribution in [1.82, 2.24) is 0 Å². The van der Waals surface area contributed by atoms with Crippen LogP contribution in [0.3, 0.4) is 0 Å². The highest BCUT2D eigenvalue weighted by molar-refractivity contribution is 6.18. The molecule has 0 spiro atoms. The summed E-state index contributed by atoms with van der Waals surface area (Å²) in [6, 6.07) is 30.5. The van der Waals surface area contributed by atoms with Gasteiger partial charge in [0.1, 0.15) is 11.6 Å². The Morgan fingerprint density at radius 2 is 1.37 bits per heavy atom. The maximum absolute atomic E-state index is 13.5. The zero-order valence-corrected chi connectivity index (χ0v) is 16.3. The SMILES string of the molecule is Oc1c(-c2ccc(F)cc2)c2ccc(NCc3ccccc3)cc2c2ccccc12. The van der Waals surface area contributed by atoms with Gasteiger partial charge in [-0.2, -0.15) is 0 Å². The summed E-state index contributed by atoms with van der Waals surface area (Å²) in [5.41, 5.74) is 3.72. The van der Waals surface area contributed by atoms with E-state index in [1.54, 1.807) is 12.1 Å². The van der Waals surface area contributed by atoms with E-state index in [0.717, 1.165) is 44.9 Å². The topological polar surface area (TPSA) is 32.3 Å². The molecule has 0 amide bonds. The third-order valence-electron chi connectivity index (χ3n) is 5.47. The normalized spacial score (nSPS) is 11.1. The van der Waals surface area contributed by atoms with Crippen LogP contribution in [0.1, 0.15) is 5.56 Å². The smallest absolute Gasteiger partial charge is 0.131 e. The van der Waals surface area contributed by atoms with Crippen LogP contribution in [0.4, 0.5) is 10.1 Å². The summed E-state index contributed by atoms with van der Waals surface area (Å²) in [7, 11) is 0. The number of phenols is 1. The van der Waals surface area contributed by atoms with E-state index in [-0.39, 0.29) is 11.6 Å². The molecule has 5 rings (SSSR count). The van der Waals surface area contributed by atoms with Crippen LogP contribution >= 0.6 is 0 Å². The lowest BCUT2D eigenvalue weighted by Gasteiger charge is -2.16. The molecule has 2 nitrogen and oxygen atoms in total. The quantitative estimate of drug-likeness (QED) is 0.319. The second-order valence-electron chi connectivity index (χ2n) is 7.38. The fraction of sp³-hybridized carbons (Fsp3) is 0.0370. The van der Waals surface area contributed by atoms with Gasteiger partial charge in [0, 0.05) is 23.2 Å². The van der Waals surface area contributed by atoms with E-state index < -0.39 is 0 Å². The Morgan fingerprint density at radius 3 is 2.13 bits per heavy atom. The number of fused-ring (bicyclic) bond motifs is 3. The highest BCUT2D eigenvalue weighted by atomic mass is 19.1. The van der Waals surface area contributed by atoms with Crippen LogP contribution in [0.25, 0.3) is 32.7 Å². The number of rotatable bonds is 4. The minimum absolute atomic E-state index is 0.217. The van der Waals surface area contributed by atoms with Gasteiger partial charge in [-0.25, -0.2) is 4.39 Å². The monoisotopic (exact) mass is 393 g/mol. The van der Waals surface area contributed by atoms with Crippen molar-refractivity contribution in [2.45, 2.75) is 6.54 Å². The molecule has 0 saturated carbocycles. The molecule has 0 aromatic heterocycles. The Labute approximate surface area is 174 Å². The van der Waals surface area contributed by atoms with Gasteiger partial charge in [0.15, 0.2) is 0 Å². The first kappa shape index (κ1) is 18.2. The molecule has 5 aromatic rings. The lowest BCUT2D eigenvalue weighted by molar-refractivity contribution is 0.484. The molecule has 0 aliphatic rings. The summed E-state index contributed by atoms with van der Waals surface area (Å²) in [4.78, 5) is 0. The van der Waals surface area contributed by atoms with Gasteiger partial charge in [0.05, 0.1) is 0 Å². The van der Waals surface area contributed by atoms with Crippen LogP contribution in [-0.4, -0.2) is 5.11 Å². The number of hydrogen-bond acceptors (Lipinski definition) is 2. The standard InChI is InChI=1S/C27H20FNO/c28-20-12-10-19(11-13-20)26-23-15-14-21(29-17-18-6-2-1-3-7-18)16-25(23)22-8-4-5-9-24(22)27(26)30/h1-16,29-30H,17H2. The second kappa shape index (κ2) is 7.53.